The van der Waals surface area contributed by atoms with Gasteiger partial charge in [0.25, 0.3) is 11.9 Å². The molecule has 6 rings (SSSR count). The molecule has 13 heteroatoms. The van der Waals surface area contributed by atoms with Gasteiger partial charge in [0.05, 0.1) is 22.4 Å². The summed E-state index contributed by atoms with van der Waals surface area (Å²) < 4.78 is 0.822. The van der Waals surface area contributed by atoms with Gasteiger partial charge in [-0.1, -0.05) is 60.0 Å². The molecule has 1 saturated carbocycles. The number of benzene rings is 3. The van der Waals surface area contributed by atoms with E-state index in [2.05, 4.69) is 53.9 Å². The molecule has 3 aromatic carbocycles. The average molecular weight is 584 g/mol. The first-order valence-corrected chi connectivity index (χ1v) is 14.5. The summed E-state index contributed by atoms with van der Waals surface area (Å²) in [6, 6.07) is 20.1. The highest BCUT2D eigenvalue weighted by atomic mass is 32.1. The number of tetrazole rings is 1. The zero-order chi connectivity index (χ0) is 28.9. The highest BCUT2D eigenvalue weighted by Gasteiger charge is 2.21. The second-order valence-corrected chi connectivity index (χ2v) is 11.2. The minimum absolute atomic E-state index is 0.0855. The molecule has 5 N–H and O–H groups in total. The SMILES string of the molecule is O=C(Nc1nn[nH]n1)c1ccc(CN(C(=O)Nc2nc3ccc(NO)cc3s2)c2ccc(C3CCCCC3)cc2)cc1. The standard InChI is InChI=1S/C29H29N9O3S/c39-26(31-27-33-36-37-34-27)21-8-6-18(7-9-21)17-38(23-13-10-20(11-14-23)19-4-2-1-3-5-19)29(40)32-28-30-24-15-12-22(35-41)16-25(24)42-28/h6-16,19,35,41H,1-5,17H2,(H,30,32,40)(H2,31,33,34,36,37,39). The van der Waals surface area contributed by atoms with Crippen LogP contribution in [-0.4, -0.2) is 42.8 Å². The number of urea groups is 1. The summed E-state index contributed by atoms with van der Waals surface area (Å²) in [6.45, 7) is 0.269. The smallest absolute Gasteiger partial charge is 0.291 e. The van der Waals surface area contributed by atoms with Crippen LogP contribution in [0.5, 0.6) is 0 Å². The Bertz CT molecular complexity index is 1670. The fourth-order valence-corrected chi connectivity index (χ4v) is 6.08. The van der Waals surface area contributed by atoms with Crippen molar-refractivity contribution in [1.82, 2.24) is 25.6 Å². The molecule has 214 valence electrons. The summed E-state index contributed by atoms with van der Waals surface area (Å²) in [5.41, 5.74) is 6.69. The number of amides is 3. The van der Waals surface area contributed by atoms with Gasteiger partial charge in [-0.3, -0.25) is 31.0 Å². The van der Waals surface area contributed by atoms with Gasteiger partial charge in [0.1, 0.15) is 0 Å². The summed E-state index contributed by atoms with van der Waals surface area (Å²) >= 11 is 1.32. The Morgan fingerprint density at radius 2 is 1.76 bits per heavy atom. The molecule has 42 heavy (non-hydrogen) atoms. The number of thiazole rings is 1. The molecule has 0 unspecified atom stereocenters. The molecule has 0 bridgehead atoms. The molecular weight excluding hydrogens is 554 g/mol. The van der Waals surface area contributed by atoms with Gasteiger partial charge in [0, 0.05) is 11.3 Å². The van der Waals surface area contributed by atoms with Crippen molar-refractivity contribution in [2.45, 2.75) is 44.6 Å². The normalized spacial score (nSPS) is 13.5. The topological polar surface area (TPSA) is 161 Å². The average Bonchev–Trinajstić information content (AvgIpc) is 3.69. The van der Waals surface area contributed by atoms with Crippen LogP contribution < -0.4 is 21.0 Å². The number of hydrogen-bond donors (Lipinski definition) is 5. The zero-order valence-corrected chi connectivity index (χ0v) is 23.4. The van der Waals surface area contributed by atoms with Crippen LogP contribution in [0.1, 0.15) is 59.5 Å². The molecule has 1 aliphatic carbocycles. The zero-order valence-electron chi connectivity index (χ0n) is 22.6. The van der Waals surface area contributed by atoms with Gasteiger partial charge < -0.3 is 0 Å². The van der Waals surface area contributed by atoms with Crippen molar-refractivity contribution < 1.29 is 14.8 Å². The minimum Gasteiger partial charge on any atom is -0.291 e. The molecule has 3 amide bonds. The Morgan fingerprint density at radius 3 is 2.48 bits per heavy atom. The van der Waals surface area contributed by atoms with Crippen LogP contribution in [0.2, 0.25) is 0 Å². The Hall–Kier alpha value is -4.88. The maximum absolute atomic E-state index is 13.7. The monoisotopic (exact) mass is 583 g/mol. The molecule has 1 aliphatic rings. The molecular formula is C29H29N9O3S. The van der Waals surface area contributed by atoms with Gasteiger partial charge in [0.15, 0.2) is 5.13 Å². The summed E-state index contributed by atoms with van der Waals surface area (Å²) in [4.78, 5) is 32.4. The number of H-pyrrole nitrogens is 1. The van der Waals surface area contributed by atoms with Crippen molar-refractivity contribution in [3.8, 4) is 0 Å². The Labute approximate surface area is 245 Å². The van der Waals surface area contributed by atoms with Gasteiger partial charge in [0.2, 0.25) is 0 Å². The third-order valence-electron chi connectivity index (χ3n) is 7.39. The van der Waals surface area contributed by atoms with E-state index >= 15 is 0 Å². The van der Waals surface area contributed by atoms with Crippen LogP contribution in [0.4, 0.5) is 27.2 Å². The Morgan fingerprint density at radius 1 is 0.976 bits per heavy atom. The van der Waals surface area contributed by atoms with Crippen LogP contribution >= 0.6 is 11.3 Å². The van der Waals surface area contributed by atoms with E-state index in [0.717, 1.165) is 16.0 Å². The predicted octanol–water partition coefficient (Wildman–Crippen LogP) is 6.15. The van der Waals surface area contributed by atoms with Crippen LogP contribution in [0, 0.1) is 0 Å². The number of carbonyl (C=O) groups is 2. The second kappa shape index (κ2) is 12.3. The number of aromatic amines is 1. The fraction of sp³-hybridized carbons (Fsp3) is 0.241. The lowest BCUT2D eigenvalue weighted by Gasteiger charge is -2.25. The summed E-state index contributed by atoms with van der Waals surface area (Å²) in [7, 11) is 0. The number of hydrogen-bond acceptors (Lipinski definition) is 9. The van der Waals surface area contributed by atoms with Gasteiger partial charge in [-0.25, -0.2) is 9.78 Å². The first-order chi connectivity index (χ1) is 20.6. The van der Waals surface area contributed by atoms with Crippen molar-refractivity contribution in [1.29, 1.82) is 0 Å². The van der Waals surface area contributed by atoms with Gasteiger partial charge in [-0.05, 0) is 77.6 Å². The third-order valence-corrected chi connectivity index (χ3v) is 8.32. The lowest BCUT2D eigenvalue weighted by atomic mass is 9.84. The minimum atomic E-state index is -0.369. The molecule has 0 radical (unpaired) electrons. The number of carbonyl (C=O) groups excluding carboxylic acids is 2. The van der Waals surface area contributed by atoms with Crippen molar-refractivity contribution in [2.75, 3.05) is 21.0 Å². The number of aromatic nitrogens is 5. The van der Waals surface area contributed by atoms with E-state index in [-0.39, 0.29) is 24.4 Å². The molecule has 0 saturated heterocycles. The van der Waals surface area contributed by atoms with Crippen LogP contribution in [0.3, 0.4) is 0 Å². The van der Waals surface area contributed by atoms with E-state index in [1.807, 2.05) is 24.3 Å². The lowest BCUT2D eigenvalue weighted by molar-refractivity contribution is 0.102. The van der Waals surface area contributed by atoms with Crippen LogP contribution in [0.25, 0.3) is 10.2 Å². The third kappa shape index (κ3) is 6.21. The largest absolute Gasteiger partial charge is 0.328 e. The summed E-state index contributed by atoms with van der Waals surface area (Å²) in [6.07, 6.45) is 6.19. The molecule has 0 spiro atoms. The maximum Gasteiger partial charge on any atom is 0.328 e. The maximum atomic E-state index is 13.7. The number of fused-ring (bicyclic) bond motifs is 1. The highest BCUT2D eigenvalue weighted by molar-refractivity contribution is 7.22. The fourth-order valence-electron chi connectivity index (χ4n) is 5.18. The molecule has 1 fully saturated rings. The van der Waals surface area contributed by atoms with Gasteiger partial charge in [-0.2, -0.15) is 5.21 Å². The summed E-state index contributed by atoms with van der Waals surface area (Å²) in [5, 5.41) is 28.4. The molecule has 2 aromatic heterocycles. The molecule has 2 heterocycles. The van der Waals surface area contributed by atoms with Crippen molar-refractivity contribution in [3.05, 3.63) is 83.4 Å². The van der Waals surface area contributed by atoms with Crippen LogP contribution in [-0.2, 0) is 6.54 Å². The predicted molar refractivity (Wildman–Crippen MR) is 161 cm³/mol. The number of rotatable bonds is 8. The Balaban J connectivity index is 1.23. The van der Waals surface area contributed by atoms with Gasteiger partial charge >= 0.3 is 6.03 Å². The molecule has 12 nitrogen and oxygen atoms in total. The van der Waals surface area contributed by atoms with Gasteiger partial charge in [-0.15, -0.1) is 5.10 Å². The van der Waals surface area contributed by atoms with Crippen molar-refractivity contribution >= 4 is 55.9 Å². The van der Waals surface area contributed by atoms with E-state index in [1.54, 1.807) is 35.2 Å². The van der Waals surface area contributed by atoms with Crippen molar-refractivity contribution in [3.63, 3.8) is 0 Å². The molecule has 0 atom stereocenters. The van der Waals surface area contributed by atoms with E-state index in [1.165, 1.54) is 49.0 Å². The number of nitrogens with one attached hydrogen (secondary N) is 4. The van der Waals surface area contributed by atoms with E-state index in [4.69, 9.17) is 0 Å². The lowest BCUT2D eigenvalue weighted by Crippen LogP contribution is -2.34. The first-order valence-electron chi connectivity index (χ1n) is 13.7. The van der Waals surface area contributed by atoms with E-state index < -0.39 is 0 Å². The number of anilines is 4. The quantitative estimate of drug-likeness (QED) is 0.136. The number of nitrogens with zero attached hydrogens (tertiary/aromatic N) is 5. The Kier molecular flexibility index (Phi) is 8.01. The first kappa shape index (κ1) is 27.3. The molecule has 0 aliphatic heterocycles. The summed E-state index contributed by atoms with van der Waals surface area (Å²) in [5.74, 6) is 0.274. The van der Waals surface area contributed by atoms with E-state index in [0.29, 0.717) is 27.8 Å². The highest BCUT2D eigenvalue weighted by Crippen LogP contribution is 2.34. The van der Waals surface area contributed by atoms with E-state index in [9.17, 15) is 14.8 Å². The van der Waals surface area contributed by atoms with Crippen LogP contribution in [0.15, 0.2) is 66.7 Å². The second-order valence-electron chi connectivity index (χ2n) is 10.1. The van der Waals surface area contributed by atoms with Crippen molar-refractivity contribution in [2.24, 2.45) is 0 Å². The molecule has 5 aromatic rings.